The predicted molar refractivity (Wildman–Crippen MR) is 104 cm³/mol. The van der Waals surface area contributed by atoms with Crippen molar-refractivity contribution < 1.29 is 8.42 Å². The third kappa shape index (κ3) is 3.97. The Labute approximate surface area is 158 Å². The number of aryl methyl sites for hydroxylation is 2. The summed E-state index contributed by atoms with van der Waals surface area (Å²) in [4.78, 5) is 9.11. The molecular formula is C18H18N4O2S2. The second-order valence-electron chi connectivity index (χ2n) is 5.88. The first-order valence-electron chi connectivity index (χ1n) is 7.92. The zero-order chi connectivity index (χ0) is 18.7. The largest absolute Gasteiger partial charge is 0.370 e. The lowest BCUT2D eigenvalue weighted by Gasteiger charge is -2.07. The zero-order valence-electron chi connectivity index (χ0n) is 14.4. The molecule has 8 heteroatoms. The third-order valence-corrected chi connectivity index (χ3v) is 5.82. The molecule has 0 aliphatic heterocycles. The monoisotopic (exact) mass is 386 g/mol. The van der Waals surface area contributed by atoms with Gasteiger partial charge in [-0.2, -0.15) is 0 Å². The predicted octanol–water partition coefficient (Wildman–Crippen LogP) is 2.60. The van der Waals surface area contributed by atoms with Crippen LogP contribution < -0.4 is 5.32 Å². The van der Waals surface area contributed by atoms with Crippen LogP contribution in [-0.4, -0.2) is 27.3 Å². The molecule has 1 aromatic carbocycles. The highest BCUT2D eigenvalue weighted by atomic mass is 32.2. The fourth-order valence-electron chi connectivity index (χ4n) is 2.28. The molecule has 0 radical (unpaired) electrons. The molecule has 0 bridgehead atoms. The number of nitrogens with zero attached hydrogens (tertiary/aromatic N) is 3. The van der Waals surface area contributed by atoms with Gasteiger partial charge in [-0.15, -0.1) is 0 Å². The van der Waals surface area contributed by atoms with E-state index in [0.717, 1.165) is 17.0 Å². The second-order valence-corrected chi connectivity index (χ2v) is 8.13. The molecule has 0 fully saturated rings. The Morgan fingerprint density at radius 3 is 2.50 bits per heavy atom. The van der Waals surface area contributed by atoms with Gasteiger partial charge in [0.05, 0.1) is 29.0 Å². The van der Waals surface area contributed by atoms with Crippen LogP contribution in [0.1, 0.15) is 22.5 Å². The number of aromatic nitrogens is 3. The minimum atomic E-state index is -3.63. The molecule has 2 heterocycles. The molecule has 0 atom stereocenters. The number of hydrogen-bond acceptors (Lipinski definition) is 5. The van der Waals surface area contributed by atoms with Crippen LogP contribution in [0, 0.1) is 13.8 Å². The summed E-state index contributed by atoms with van der Waals surface area (Å²) in [6.45, 7) is 4.20. The van der Waals surface area contributed by atoms with E-state index in [9.17, 15) is 8.42 Å². The van der Waals surface area contributed by atoms with Crippen molar-refractivity contribution in [2.45, 2.75) is 25.3 Å². The maximum atomic E-state index is 12.7. The lowest BCUT2D eigenvalue weighted by Crippen LogP contribution is -2.22. The normalized spacial score (nSPS) is 11.3. The Morgan fingerprint density at radius 1 is 1.12 bits per heavy atom. The molecule has 0 amide bonds. The Bertz CT molecular complexity index is 1020. The third-order valence-electron chi connectivity index (χ3n) is 3.79. The molecule has 0 aliphatic carbocycles. The van der Waals surface area contributed by atoms with Gasteiger partial charge in [0.1, 0.15) is 4.99 Å². The van der Waals surface area contributed by atoms with Gasteiger partial charge in [-0.05, 0) is 32.0 Å². The molecule has 3 aromatic rings. The van der Waals surface area contributed by atoms with Crippen molar-refractivity contribution in [3.8, 4) is 0 Å². The Morgan fingerprint density at radius 2 is 1.85 bits per heavy atom. The van der Waals surface area contributed by atoms with E-state index in [1.54, 1.807) is 42.7 Å². The average molecular weight is 387 g/mol. The molecule has 0 unspecified atom stereocenters. The van der Waals surface area contributed by atoms with Crippen molar-refractivity contribution in [2.75, 3.05) is 0 Å². The SMILES string of the molecule is Cc1ccc(S(=O)(=O)n2ccc(C(=S)NCc3cnc(C)cn3)c2)cc1. The number of thiocarbonyl (C=S) groups is 1. The van der Waals surface area contributed by atoms with Gasteiger partial charge in [-0.3, -0.25) is 9.97 Å². The van der Waals surface area contributed by atoms with Gasteiger partial charge >= 0.3 is 0 Å². The Kier molecular flexibility index (Phi) is 5.15. The highest BCUT2D eigenvalue weighted by molar-refractivity contribution is 7.90. The van der Waals surface area contributed by atoms with Gasteiger partial charge in [0, 0.05) is 24.2 Å². The van der Waals surface area contributed by atoms with E-state index < -0.39 is 10.0 Å². The van der Waals surface area contributed by atoms with E-state index >= 15 is 0 Å². The second kappa shape index (κ2) is 7.35. The first-order valence-corrected chi connectivity index (χ1v) is 9.77. The van der Waals surface area contributed by atoms with E-state index in [0.29, 0.717) is 17.1 Å². The van der Waals surface area contributed by atoms with Gasteiger partial charge in [0.2, 0.25) is 0 Å². The van der Waals surface area contributed by atoms with E-state index in [4.69, 9.17) is 12.2 Å². The highest BCUT2D eigenvalue weighted by Gasteiger charge is 2.17. The van der Waals surface area contributed by atoms with Gasteiger partial charge in [-0.25, -0.2) is 12.4 Å². The van der Waals surface area contributed by atoms with Gasteiger partial charge in [-0.1, -0.05) is 29.9 Å². The van der Waals surface area contributed by atoms with Crippen LogP contribution in [0.4, 0.5) is 0 Å². The maximum absolute atomic E-state index is 12.7. The zero-order valence-corrected chi connectivity index (χ0v) is 16.0. The molecule has 26 heavy (non-hydrogen) atoms. The van der Waals surface area contributed by atoms with Gasteiger partial charge in [0.25, 0.3) is 10.0 Å². The van der Waals surface area contributed by atoms with Crippen LogP contribution in [0.5, 0.6) is 0 Å². The van der Waals surface area contributed by atoms with E-state index in [2.05, 4.69) is 15.3 Å². The van der Waals surface area contributed by atoms with E-state index in [1.807, 2.05) is 13.8 Å². The topological polar surface area (TPSA) is 76.9 Å². The van der Waals surface area contributed by atoms with Crippen LogP contribution in [0.2, 0.25) is 0 Å². The molecule has 0 aliphatic rings. The van der Waals surface area contributed by atoms with Gasteiger partial charge < -0.3 is 5.32 Å². The Hall–Kier alpha value is -2.58. The molecule has 2 aromatic heterocycles. The minimum absolute atomic E-state index is 0.235. The molecule has 0 saturated carbocycles. The number of nitrogens with one attached hydrogen (secondary N) is 1. The molecule has 6 nitrogen and oxygen atoms in total. The molecule has 0 saturated heterocycles. The molecule has 1 N–H and O–H groups in total. The van der Waals surface area contributed by atoms with Crippen molar-refractivity contribution in [2.24, 2.45) is 0 Å². The lowest BCUT2D eigenvalue weighted by atomic mass is 10.2. The minimum Gasteiger partial charge on any atom is -0.370 e. The summed E-state index contributed by atoms with van der Waals surface area (Å²) in [5.74, 6) is 0. The quantitative estimate of drug-likeness (QED) is 0.679. The summed E-state index contributed by atoms with van der Waals surface area (Å²) >= 11 is 5.35. The molecule has 134 valence electrons. The van der Waals surface area contributed by atoms with Gasteiger partial charge in [0.15, 0.2) is 0 Å². The summed E-state index contributed by atoms with van der Waals surface area (Å²) in [5.41, 5.74) is 3.22. The maximum Gasteiger partial charge on any atom is 0.267 e. The fraction of sp³-hybridized carbons (Fsp3) is 0.167. The summed E-state index contributed by atoms with van der Waals surface area (Å²) in [5, 5.41) is 3.07. The van der Waals surface area contributed by atoms with Crippen molar-refractivity contribution in [1.82, 2.24) is 19.3 Å². The summed E-state index contributed by atoms with van der Waals surface area (Å²) in [6.07, 6.45) is 6.36. The van der Waals surface area contributed by atoms with Crippen LogP contribution in [0.15, 0.2) is 60.0 Å². The van der Waals surface area contributed by atoms with Crippen molar-refractivity contribution >= 4 is 27.2 Å². The fourth-order valence-corrected chi connectivity index (χ4v) is 3.67. The van der Waals surface area contributed by atoms with E-state index in [1.165, 1.54) is 16.4 Å². The lowest BCUT2D eigenvalue weighted by molar-refractivity contribution is 0.587. The average Bonchev–Trinajstić information content (AvgIpc) is 3.12. The van der Waals surface area contributed by atoms with Crippen molar-refractivity contribution in [3.05, 3.63) is 77.6 Å². The van der Waals surface area contributed by atoms with Crippen LogP contribution in [0.3, 0.4) is 0 Å². The van der Waals surface area contributed by atoms with E-state index in [-0.39, 0.29) is 4.90 Å². The smallest absolute Gasteiger partial charge is 0.267 e. The number of benzene rings is 1. The summed E-state index contributed by atoms with van der Waals surface area (Å²) in [6, 6.07) is 8.40. The van der Waals surface area contributed by atoms with Crippen molar-refractivity contribution in [1.29, 1.82) is 0 Å². The molecule has 3 rings (SSSR count). The summed E-state index contributed by atoms with van der Waals surface area (Å²) in [7, 11) is -3.63. The van der Waals surface area contributed by atoms with Crippen LogP contribution in [-0.2, 0) is 16.6 Å². The molecule has 0 spiro atoms. The highest BCUT2D eigenvalue weighted by Crippen LogP contribution is 2.16. The standard InChI is InChI=1S/C18H18N4O2S2/c1-13-3-5-17(6-4-13)26(23,24)22-8-7-15(12-22)18(25)21-11-16-10-19-14(2)9-20-16/h3-10,12H,11H2,1-2H3,(H,21,25). The van der Waals surface area contributed by atoms with Crippen molar-refractivity contribution in [3.63, 3.8) is 0 Å². The number of rotatable bonds is 5. The summed E-state index contributed by atoms with van der Waals surface area (Å²) < 4.78 is 26.5. The number of hydrogen-bond donors (Lipinski definition) is 1. The van der Waals surface area contributed by atoms with Crippen LogP contribution >= 0.6 is 12.2 Å². The molecular weight excluding hydrogens is 368 g/mol. The Balaban J connectivity index is 1.73. The first kappa shape index (κ1) is 18.2. The first-order chi connectivity index (χ1) is 12.4. The van der Waals surface area contributed by atoms with Crippen LogP contribution in [0.25, 0.3) is 0 Å².